The quantitative estimate of drug-likeness (QED) is 0.619. The number of hydrogen-bond donors (Lipinski definition) is 1. The Morgan fingerprint density at radius 2 is 2.40 bits per heavy atom. The molecule has 0 aromatic rings. The second-order valence-electron chi connectivity index (χ2n) is 2.70. The summed E-state index contributed by atoms with van der Waals surface area (Å²) >= 11 is 5.58. The summed E-state index contributed by atoms with van der Waals surface area (Å²) in [5.74, 6) is 0.677. The summed E-state index contributed by atoms with van der Waals surface area (Å²) in [6, 6.07) is 0.388. The van der Waals surface area contributed by atoms with Crippen molar-refractivity contribution in [2.45, 2.75) is 18.9 Å². The first-order valence-electron chi connectivity index (χ1n) is 3.79. The van der Waals surface area contributed by atoms with Crippen LogP contribution in [0.4, 0.5) is 0 Å². The first-order chi connectivity index (χ1) is 4.88. The van der Waals surface area contributed by atoms with Crippen molar-refractivity contribution in [2.24, 2.45) is 0 Å². The van der Waals surface area contributed by atoms with Crippen LogP contribution in [-0.4, -0.2) is 41.6 Å². The maximum Gasteiger partial charge on any atom is 0.0586 e. The van der Waals surface area contributed by atoms with Gasteiger partial charge in [-0.2, -0.15) is 0 Å². The predicted molar refractivity (Wildman–Crippen MR) is 42.4 cm³/mol. The Morgan fingerprint density at radius 1 is 1.60 bits per heavy atom. The Labute approximate surface area is 66.8 Å². The second-order valence-corrected chi connectivity index (χ2v) is 3.08. The SMILES string of the molecule is OC[C@H]1CCCN1CCCl. The minimum atomic E-state index is 0.289. The molecule has 1 N–H and O–H groups in total. The minimum Gasteiger partial charge on any atom is -0.395 e. The van der Waals surface area contributed by atoms with Gasteiger partial charge in [-0.3, -0.25) is 4.90 Å². The van der Waals surface area contributed by atoms with Gasteiger partial charge in [-0.15, -0.1) is 11.6 Å². The zero-order valence-electron chi connectivity index (χ0n) is 6.09. The summed E-state index contributed by atoms with van der Waals surface area (Å²) in [6.07, 6.45) is 2.34. The van der Waals surface area contributed by atoms with Gasteiger partial charge >= 0.3 is 0 Å². The van der Waals surface area contributed by atoms with Gasteiger partial charge < -0.3 is 5.11 Å². The van der Waals surface area contributed by atoms with Crippen molar-refractivity contribution < 1.29 is 5.11 Å². The Morgan fingerprint density at radius 3 is 3.00 bits per heavy atom. The van der Waals surface area contributed by atoms with E-state index < -0.39 is 0 Å². The molecule has 0 radical (unpaired) electrons. The molecule has 0 aromatic carbocycles. The second kappa shape index (κ2) is 4.16. The van der Waals surface area contributed by atoms with Crippen LogP contribution in [0.1, 0.15) is 12.8 Å². The van der Waals surface area contributed by atoms with Crippen molar-refractivity contribution in [3.63, 3.8) is 0 Å². The molecule has 60 valence electrons. The van der Waals surface area contributed by atoms with Gasteiger partial charge in [-0.25, -0.2) is 0 Å². The van der Waals surface area contributed by atoms with Gasteiger partial charge in [-0.1, -0.05) is 0 Å². The smallest absolute Gasteiger partial charge is 0.0586 e. The van der Waals surface area contributed by atoms with E-state index in [9.17, 15) is 0 Å². The van der Waals surface area contributed by atoms with Crippen LogP contribution in [0.15, 0.2) is 0 Å². The van der Waals surface area contributed by atoms with E-state index in [1.165, 1.54) is 6.42 Å². The van der Waals surface area contributed by atoms with E-state index in [0.717, 1.165) is 19.5 Å². The van der Waals surface area contributed by atoms with Gasteiger partial charge in [0.15, 0.2) is 0 Å². The number of halogens is 1. The summed E-state index contributed by atoms with van der Waals surface area (Å²) in [6.45, 7) is 2.32. The van der Waals surface area contributed by atoms with Gasteiger partial charge in [0.2, 0.25) is 0 Å². The van der Waals surface area contributed by atoms with Crippen LogP contribution in [0.5, 0.6) is 0 Å². The third-order valence-corrected chi connectivity index (χ3v) is 2.25. The summed E-state index contributed by atoms with van der Waals surface area (Å²) in [5.41, 5.74) is 0. The molecule has 0 bridgehead atoms. The van der Waals surface area contributed by atoms with E-state index in [1.807, 2.05) is 0 Å². The average molecular weight is 164 g/mol. The molecule has 1 heterocycles. The fourth-order valence-electron chi connectivity index (χ4n) is 1.50. The number of rotatable bonds is 3. The highest BCUT2D eigenvalue weighted by molar-refractivity contribution is 6.18. The van der Waals surface area contributed by atoms with E-state index in [-0.39, 0.29) is 6.61 Å². The highest BCUT2D eigenvalue weighted by Gasteiger charge is 2.22. The number of aliphatic hydroxyl groups excluding tert-OH is 1. The molecule has 0 unspecified atom stereocenters. The summed E-state index contributed by atoms with van der Waals surface area (Å²) in [4.78, 5) is 2.26. The van der Waals surface area contributed by atoms with Gasteiger partial charge in [0, 0.05) is 18.5 Å². The first-order valence-corrected chi connectivity index (χ1v) is 4.33. The molecule has 0 spiro atoms. The molecule has 1 saturated heterocycles. The van der Waals surface area contributed by atoms with Crippen LogP contribution in [0.25, 0.3) is 0 Å². The van der Waals surface area contributed by atoms with Gasteiger partial charge in [0.25, 0.3) is 0 Å². The van der Waals surface area contributed by atoms with Crippen LogP contribution >= 0.6 is 11.6 Å². The first kappa shape index (κ1) is 8.31. The molecule has 1 rings (SSSR count). The Bertz CT molecular complexity index is 99.6. The Kier molecular flexibility index (Phi) is 3.46. The van der Waals surface area contributed by atoms with Crippen LogP contribution in [0.3, 0.4) is 0 Å². The Balaban J connectivity index is 2.27. The lowest BCUT2D eigenvalue weighted by molar-refractivity contribution is 0.165. The van der Waals surface area contributed by atoms with Crippen LogP contribution in [-0.2, 0) is 0 Å². The van der Waals surface area contributed by atoms with E-state index >= 15 is 0 Å². The molecule has 0 amide bonds. The van der Waals surface area contributed by atoms with Gasteiger partial charge in [0.1, 0.15) is 0 Å². The minimum absolute atomic E-state index is 0.289. The molecule has 1 aliphatic heterocycles. The molecule has 0 aromatic heterocycles. The number of likely N-dealkylation sites (tertiary alicyclic amines) is 1. The fourth-order valence-corrected chi connectivity index (χ4v) is 1.72. The highest BCUT2D eigenvalue weighted by atomic mass is 35.5. The van der Waals surface area contributed by atoms with E-state index in [2.05, 4.69) is 4.90 Å². The van der Waals surface area contributed by atoms with Crippen molar-refractivity contribution in [1.82, 2.24) is 4.90 Å². The standard InChI is InChI=1S/C7H14ClNO/c8-3-5-9-4-1-2-7(9)6-10/h7,10H,1-6H2/t7-/m1/s1. The third kappa shape index (κ3) is 1.84. The predicted octanol–water partition coefficient (Wildman–Crippen LogP) is 0.682. The number of alkyl halides is 1. The zero-order chi connectivity index (χ0) is 7.40. The molecular weight excluding hydrogens is 150 g/mol. The van der Waals surface area contributed by atoms with Crippen molar-refractivity contribution >= 4 is 11.6 Å². The van der Waals surface area contributed by atoms with Crippen LogP contribution in [0, 0.1) is 0 Å². The molecule has 10 heavy (non-hydrogen) atoms. The Hall–Kier alpha value is 0.210. The lowest BCUT2D eigenvalue weighted by Gasteiger charge is -2.20. The monoisotopic (exact) mass is 163 g/mol. The lowest BCUT2D eigenvalue weighted by atomic mass is 10.2. The molecule has 1 aliphatic rings. The average Bonchev–Trinajstić information content (AvgIpc) is 2.36. The molecule has 1 fully saturated rings. The van der Waals surface area contributed by atoms with Crippen LogP contribution < -0.4 is 0 Å². The van der Waals surface area contributed by atoms with Crippen molar-refractivity contribution in [3.05, 3.63) is 0 Å². The number of hydrogen-bond acceptors (Lipinski definition) is 2. The summed E-state index contributed by atoms with van der Waals surface area (Å²) in [7, 11) is 0. The molecule has 0 saturated carbocycles. The number of nitrogens with zero attached hydrogens (tertiary/aromatic N) is 1. The van der Waals surface area contributed by atoms with Crippen molar-refractivity contribution in [3.8, 4) is 0 Å². The molecular formula is C7H14ClNO. The molecule has 3 heteroatoms. The normalized spacial score (nSPS) is 27.6. The molecule has 2 nitrogen and oxygen atoms in total. The van der Waals surface area contributed by atoms with E-state index in [0.29, 0.717) is 11.9 Å². The van der Waals surface area contributed by atoms with Gasteiger partial charge in [0.05, 0.1) is 6.61 Å². The zero-order valence-corrected chi connectivity index (χ0v) is 6.85. The molecule has 0 aliphatic carbocycles. The summed E-state index contributed by atoms with van der Waals surface area (Å²) in [5, 5.41) is 8.88. The third-order valence-electron chi connectivity index (χ3n) is 2.08. The summed E-state index contributed by atoms with van der Waals surface area (Å²) < 4.78 is 0. The molecule has 1 atom stereocenters. The van der Waals surface area contributed by atoms with E-state index in [4.69, 9.17) is 16.7 Å². The topological polar surface area (TPSA) is 23.5 Å². The highest BCUT2D eigenvalue weighted by Crippen LogP contribution is 2.15. The van der Waals surface area contributed by atoms with Gasteiger partial charge in [-0.05, 0) is 19.4 Å². The fraction of sp³-hybridized carbons (Fsp3) is 1.00. The lowest BCUT2D eigenvalue weighted by Crippen LogP contribution is -2.33. The van der Waals surface area contributed by atoms with E-state index in [1.54, 1.807) is 0 Å². The largest absolute Gasteiger partial charge is 0.395 e. The van der Waals surface area contributed by atoms with Crippen molar-refractivity contribution in [2.75, 3.05) is 25.6 Å². The number of aliphatic hydroxyl groups is 1. The van der Waals surface area contributed by atoms with Crippen molar-refractivity contribution in [1.29, 1.82) is 0 Å². The maximum atomic E-state index is 8.88. The van der Waals surface area contributed by atoms with Crippen LogP contribution in [0.2, 0.25) is 0 Å². The maximum absolute atomic E-state index is 8.88.